The second-order valence-electron chi connectivity index (χ2n) is 4.67. The molecule has 0 aromatic heterocycles. The lowest BCUT2D eigenvalue weighted by Crippen LogP contribution is -2.48. The first-order valence-corrected chi connectivity index (χ1v) is 7.00. The molecule has 1 heterocycles. The standard InChI is InChI=1S/C12H13BrFN3O4/c13-8-5-11(17(20)21)10(6-9(8)14)16-3-1-15(2-4-16)7-12(18)19/h5-6H,1-4,7H2,(H,18,19). The van der Waals surface area contributed by atoms with Crippen molar-refractivity contribution in [1.29, 1.82) is 0 Å². The van der Waals surface area contributed by atoms with Crippen molar-refractivity contribution >= 4 is 33.3 Å². The molecule has 0 spiro atoms. The molecule has 114 valence electrons. The fraction of sp³-hybridized carbons (Fsp3) is 0.417. The molecule has 0 amide bonds. The zero-order valence-electron chi connectivity index (χ0n) is 11.0. The molecular weight excluding hydrogens is 349 g/mol. The van der Waals surface area contributed by atoms with Crippen LogP contribution in [0, 0.1) is 15.9 Å². The minimum absolute atomic E-state index is 0.0439. The zero-order chi connectivity index (χ0) is 15.6. The van der Waals surface area contributed by atoms with E-state index < -0.39 is 16.7 Å². The van der Waals surface area contributed by atoms with Gasteiger partial charge < -0.3 is 10.0 Å². The molecule has 1 aliphatic rings. The molecule has 0 unspecified atom stereocenters. The summed E-state index contributed by atoms with van der Waals surface area (Å²) in [4.78, 5) is 24.6. The van der Waals surface area contributed by atoms with Crippen LogP contribution in [0.1, 0.15) is 0 Å². The van der Waals surface area contributed by atoms with Gasteiger partial charge in [-0.3, -0.25) is 19.8 Å². The third-order valence-corrected chi connectivity index (χ3v) is 3.89. The smallest absolute Gasteiger partial charge is 0.317 e. The number of carboxylic acid groups (broad SMARTS) is 1. The summed E-state index contributed by atoms with van der Waals surface area (Å²) in [7, 11) is 0. The Morgan fingerprint density at radius 1 is 1.38 bits per heavy atom. The van der Waals surface area contributed by atoms with Gasteiger partial charge >= 0.3 is 5.97 Å². The van der Waals surface area contributed by atoms with Crippen LogP contribution in [0.3, 0.4) is 0 Å². The quantitative estimate of drug-likeness (QED) is 0.648. The van der Waals surface area contributed by atoms with E-state index >= 15 is 0 Å². The molecule has 0 aliphatic carbocycles. The van der Waals surface area contributed by atoms with E-state index in [1.807, 2.05) is 0 Å². The molecule has 7 nitrogen and oxygen atoms in total. The summed E-state index contributed by atoms with van der Waals surface area (Å²) in [6, 6.07) is 2.28. The lowest BCUT2D eigenvalue weighted by atomic mass is 10.2. The maximum atomic E-state index is 13.6. The number of aliphatic carboxylic acids is 1. The molecule has 0 radical (unpaired) electrons. The highest BCUT2D eigenvalue weighted by atomic mass is 79.9. The first-order chi connectivity index (χ1) is 9.88. The van der Waals surface area contributed by atoms with Crippen molar-refractivity contribution < 1.29 is 19.2 Å². The highest BCUT2D eigenvalue weighted by Gasteiger charge is 2.26. The highest BCUT2D eigenvalue weighted by Crippen LogP contribution is 2.33. The number of anilines is 1. The summed E-state index contributed by atoms with van der Waals surface area (Å²) >= 11 is 2.94. The lowest BCUT2D eigenvalue weighted by Gasteiger charge is -2.34. The van der Waals surface area contributed by atoms with Crippen LogP contribution in [0.25, 0.3) is 0 Å². The monoisotopic (exact) mass is 361 g/mol. The van der Waals surface area contributed by atoms with Crippen LogP contribution in [0.15, 0.2) is 16.6 Å². The molecule has 1 N–H and O–H groups in total. The molecule has 9 heteroatoms. The van der Waals surface area contributed by atoms with Gasteiger partial charge in [-0.2, -0.15) is 0 Å². The Morgan fingerprint density at radius 3 is 2.52 bits per heavy atom. The highest BCUT2D eigenvalue weighted by molar-refractivity contribution is 9.10. The molecule has 1 aromatic carbocycles. The maximum absolute atomic E-state index is 13.6. The van der Waals surface area contributed by atoms with Gasteiger partial charge in [0.1, 0.15) is 11.5 Å². The minimum Gasteiger partial charge on any atom is -0.480 e. The first kappa shape index (κ1) is 15.6. The number of benzene rings is 1. The van der Waals surface area contributed by atoms with Crippen molar-refractivity contribution in [1.82, 2.24) is 4.90 Å². The number of piperazine rings is 1. The van der Waals surface area contributed by atoms with Crippen molar-refractivity contribution in [3.8, 4) is 0 Å². The van der Waals surface area contributed by atoms with E-state index in [0.29, 0.717) is 26.2 Å². The summed E-state index contributed by atoms with van der Waals surface area (Å²) in [6.45, 7) is 1.68. The van der Waals surface area contributed by atoms with Crippen molar-refractivity contribution in [3.63, 3.8) is 0 Å². The average Bonchev–Trinajstić information content (AvgIpc) is 2.41. The third-order valence-electron chi connectivity index (χ3n) is 3.29. The van der Waals surface area contributed by atoms with Crippen LogP contribution >= 0.6 is 15.9 Å². The molecule has 1 aromatic rings. The Hall–Kier alpha value is -1.74. The van der Waals surface area contributed by atoms with Gasteiger partial charge in [0.2, 0.25) is 0 Å². The Kier molecular flexibility index (Phi) is 4.73. The Bertz CT molecular complexity index is 576. The van der Waals surface area contributed by atoms with Crippen molar-refractivity contribution in [2.75, 3.05) is 37.6 Å². The molecule has 1 aliphatic heterocycles. The first-order valence-electron chi connectivity index (χ1n) is 6.21. The number of carbonyl (C=O) groups is 1. The number of hydrogen-bond acceptors (Lipinski definition) is 5. The van der Waals surface area contributed by atoms with Gasteiger partial charge in [-0.1, -0.05) is 0 Å². The van der Waals surface area contributed by atoms with E-state index in [0.717, 1.165) is 12.1 Å². The number of nitro groups is 1. The van der Waals surface area contributed by atoms with Crippen molar-refractivity contribution in [3.05, 3.63) is 32.5 Å². The van der Waals surface area contributed by atoms with E-state index in [2.05, 4.69) is 15.9 Å². The summed E-state index contributed by atoms with van der Waals surface area (Å²) in [6.07, 6.45) is 0. The van der Waals surface area contributed by atoms with Crippen LogP contribution in [0.4, 0.5) is 15.8 Å². The van der Waals surface area contributed by atoms with E-state index in [-0.39, 0.29) is 22.4 Å². The van der Waals surface area contributed by atoms with Gasteiger partial charge in [-0.15, -0.1) is 0 Å². The topological polar surface area (TPSA) is 86.9 Å². The van der Waals surface area contributed by atoms with E-state index in [1.54, 1.807) is 9.80 Å². The fourth-order valence-corrected chi connectivity index (χ4v) is 2.59. The Labute approximate surface area is 128 Å². The number of nitrogens with zero attached hydrogens (tertiary/aromatic N) is 3. The van der Waals surface area contributed by atoms with E-state index in [4.69, 9.17) is 5.11 Å². The zero-order valence-corrected chi connectivity index (χ0v) is 12.5. The van der Waals surface area contributed by atoms with E-state index in [1.165, 1.54) is 0 Å². The average molecular weight is 362 g/mol. The molecule has 2 rings (SSSR count). The third kappa shape index (κ3) is 3.67. The summed E-state index contributed by atoms with van der Waals surface area (Å²) in [5.74, 6) is -1.48. The maximum Gasteiger partial charge on any atom is 0.317 e. The molecule has 1 saturated heterocycles. The van der Waals surface area contributed by atoms with Gasteiger partial charge in [0.05, 0.1) is 15.9 Å². The number of carboxylic acids is 1. The Balaban J connectivity index is 2.18. The van der Waals surface area contributed by atoms with Gasteiger partial charge in [-0.05, 0) is 15.9 Å². The van der Waals surface area contributed by atoms with Gasteiger partial charge in [0, 0.05) is 38.3 Å². The number of nitro benzene ring substituents is 1. The number of hydrogen-bond donors (Lipinski definition) is 1. The number of rotatable bonds is 4. The molecule has 0 atom stereocenters. The van der Waals surface area contributed by atoms with Crippen LogP contribution in [0.2, 0.25) is 0 Å². The predicted molar refractivity (Wildman–Crippen MR) is 77.0 cm³/mol. The van der Waals surface area contributed by atoms with Gasteiger partial charge in [0.25, 0.3) is 5.69 Å². The largest absolute Gasteiger partial charge is 0.480 e. The van der Waals surface area contributed by atoms with Crippen LogP contribution in [-0.4, -0.2) is 53.6 Å². The summed E-state index contributed by atoms with van der Waals surface area (Å²) < 4.78 is 13.7. The molecule has 21 heavy (non-hydrogen) atoms. The Morgan fingerprint density at radius 2 is 2.00 bits per heavy atom. The summed E-state index contributed by atoms with van der Waals surface area (Å²) in [5.41, 5.74) is 0.0469. The fourth-order valence-electron chi connectivity index (χ4n) is 2.26. The lowest BCUT2D eigenvalue weighted by molar-refractivity contribution is -0.384. The van der Waals surface area contributed by atoms with E-state index in [9.17, 15) is 19.3 Å². The molecule has 0 saturated carbocycles. The molecule has 0 bridgehead atoms. The normalized spacial score (nSPS) is 16.0. The second-order valence-corrected chi connectivity index (χ2v) is 5.52. The molecule has 1 fully saturated rings. The van der Waals surface area contributed by atoms with Gasteiger partial charge in [0.15, 0.2) is 0 Å². The summed E-state index contributed by atoms with van der Waals surface area (Å²) in [5, 5.41) is 19.8. The number of halogens is 2. The SMILES string of the molecule is O=C(O)CN1CCN(c2cc(F)c(Br)cc2[N+](=O)[O-])CC1. The van der Waals surface area contributed by atoms with Crippen LogP contribution < -0.4 is 4.90 Å². The predicted octanol–water partition coefficient (Wildman–Crippen LogP) is 1.70. The van der Waals surface area contributed by atoms with Crippen molar-refractivity contribution in [2.45, 2.75) is 0 Å². The van der Waals surface area contributed by atoms with Crippen molar-refractivity contribution in [2.24, 2.45) is 0 Å². The molecular formula is C12H13BrFN3O4. The minimum atomic E-state index is -0.913. The van der Waals surface area contributed by atoms with Crippen LogP contribution in [-0.2, 0) is 4.79 Å². The van der Waals surface area contributed by atoms with Crippen LogP contribution in [0.5, 0.6) is 0 Å². The second kappa shape index (κ2) is 6.35. The van der Waals surface area contributed by atoms with Gasteiger partial charge in [-0.25, -0.2) is 4.39 Å².